The summed E-state index contributed by atoms with van der Waals surface area (Å²) in [6, 6.07) is 0.312. The highest BCUT2D eigenvalue weighted by molar-refractivity contribution is 7.18. The summed E-state index contributed by atoms with van der Waals surface area (Å²) in [5.41, 5.74) is -1.15. The molecule has 2 aromatic rings. The molecule has 0 unspecified atom stereocenters. The standard InChI is InChI=1S/C30H37F4N5O5S/c1-28(2,3)22(38-27(44)30(32,33)34)26(43)39-12-15-19(29(15,4)5)20(39)24(42)36-17(10-13-8-9-35-23(13)41)21(40)25-37-16-11-14(31)6-7-18(16)45-25/h6-7,11,13,15,17,19-22,40H,8-10,12H2,1-5H3,(H,35,41)(H,36,42)(H,38,44)/t13-,15-,17-,19-,20-,21-,22+/m0/s1. The maximum Gasteiger partial charge on any atom is 0.471 e. The first kappa shape index (κ1) is 33.0. The third-order valence-electron chi connectivity index (χ3n) is 9.44. The van der Waals surface area contributed by atoms with Crippen molar-refractivity contribution in [3.63, 3.8) is 0 Å². The number of carbonyl (C=O) groups excluding carboxylic acids is 4. The summed E-state index contributed by atoms with van der Waals surface area (Å²) in [6.07, 6.45) is -6.07. The van der Waals surface area contributed by atoms with Gasteiger partial charge in [0, 0.05) is 25.1 Å². The molecule has 1 aromatic heterocycles. The molecule has 246 valence electrons. The predicted octanol–water partition coefficient (Wildman–Crippen LogP) is 3.06. The van der Waals surface area contributed by atoms with Crippen LogP contribution >= 0.6 is 11.3 Å². The number of aliphatic hydroxyl groups is 1. The van der Waals surface area contributed by atoms with Crippen molar-refractivity contribution in [2.24, 2.45) is 28.6 Å². The number of fused-ring (bicyclic) bond motifs is 2. The lowest BCUT2D eigenvalue weighted by atomic mass is 9.85. The second kappa shape index (κ2) is 11.5. The molecule has 45 heavy (non-hydrogen) atoms. The number of rotatable bonds is 8. The quantitative estimate of drug-likeness (QED) is 0.323. The van der Waals surface area contributed by atoms with E-state index in [1.54, 1.807) is 0 Å². The smallest absolute Gasteiger partial charge is 0.384 e. The summed E-state index contributed by atoms with van der Waals surface area (Å²) in [5, 5.41) is 19.1. The van der Waals surface area contributed by atoms with Crippen LogP contribution in [0, 0.1) is 34.4 Å². The number of nitrogens with one attached hydrogen (secondary N) is 3. The van der Waals surface area contributed by atoms with Crippen molar-refractivity contribution in [2.45, 2.75) is 77.9 Å². The van der Waals surface area contributed by atoms with Crippen LogP contribution in [0.2, 0.25) is 0 Å². The van der Waals surface area contributed by atoms with Crippen molar-refractivity contribution in [3.05, 3.63) is 29.0 Å². The highest BCUT2D eigenvalue weighted by Gasteiger charge is 2.70. The minimum Gasteiger partial charge on any atom is -0.384 e. The van der Waals surface area contributed by atoms with Gasteiger partial charge in [0.1, 0.15) is 29.0 Å². The molecule has 3 aliphatic rings. The number of aromatic nitrogens is 1. The first-order valence-electron chi connectivity index (χ1n) is 14.8. The van der Waals surface area contributed by atoms with E-state index in [4.69, 9.17) is 0 Å². The van der Waals surface area contributed by atoms with E-state index in [1.807, 2.05) is 19.2 Å². The Morgan fingerprint density at radius 3 is 2.49 bits per heavy atom. The van der Waals surface area contributed by atoms with Gasteiger partial charge in [-0.25, -0.2) is 9.37 Å². The summed E-state index contributed by atoms with van der Waals surface area (Å²) in [5.74, 6) is -5.40. The molecule has 1 aliphatic carbocycles. The number of alkyl halides is 3. The number of benzene rings is 1. The fourth-order valence-corrected chi connectivity index (χ4v) is 7.77. The van der Waals surface area contributed by atoms with Crippen LogP contribution in [0.1, 0.15) is 58.6 Å². The Hall–Kier alpha value is -3.33. The molecule has 2 aliphatic heterocycles. The molecule has 0 bridgehead atoms. The van der Waals surface area contributed by atoms with Crippen molar-refractivity contribution in [3.8, 4) is 0 Å². The molecule has 7 atom stereocenters. The van der Waals surface area contributed by atoms with Crippen LogP contribution in [-0.2, 0) is 19.2 Å². The number of hydrogen-bond donors (Lipinski definition) is 4. The molecule has 1 saturated carbocycles. The first-order valence-corrected chi connectivity index (χ1v) is 15.6. The molecule has 0 spiro atoms. The zero-order valence-corrected chi connectivity index (χ0v) is 26.3. The first-order chi connectivity index (χ1) is 20.8. The molecule has 5 rings (SSSR count). The van der Waals surface area contributed by atoms with Gasteiger partial charge in [-0.05, 0) is 47.6 Å². The Morgan fingerprint density at radius 1 is 1.20 bits per heavy atom. The number of piperidine rings is 1. The Morgan fingerprint density at radius 2 is 1.89 bits per heavy atom. The van der Waals surface area contributed by atoms with Gasteiger partial charge in [0.2, 0.25) is 17.7 Å². The van der Waals surface area contributed by atoms with E-state index in [1.165, 1.54) is 43.9 Å². The average Bonchev–Trinajstić information content (AvgIpc) is 3.44. The van der Waals surface area contributed by atoms with Gasteiger partial charge in [-0.3, -0.25) is 19.2 Å². The number of amides is 4. The van der Waals surface area contributed by atoms with Gasteiger partial charge in [0.05, 0.1) is 16.3 Å². The van der Waals surface area contributed by atoms with E-state index < -0.39 is 65.3 Å². The van der Waals surface area contributed by atoms with Gasteiger partial charge in [-0.15, -0.1) is 11.3 Å². The van der Waals surface area contributed by atoms with Crippen molar-refractivity contribution in [1.29, 1.82) is 0 Å². The van der Waals surface area contributed by atoms with Crippen molar-refractivity contribution < 1.29 is 41.8 Å². The maximum absolute atomic E-state index is 14.1. The molecule has 4 N–H and O–H groups in total. The minimum absolute atomic E-state index is 0.0490. The van der Waals surface area contributed by atoms with Crippen LogP contribution < -0.4 is 16.0 Å². The highest BCUT2D eigenvalue weighted by atomic mass is 32.1. The summed E-state index contributed by atoms with van der Waals surface area (Å²) < 4.78 is 54.0. The van der Waals surface area contributed by atoms with Crippen LogP contribution in [-0.4, -0.2) is 76.0 Å². The zero-order valence-electron chi connectivity index (χ0n) is 25.5. The third kappa shape index (κ3) is 6.38. The molecule has 4 amide bonds. The number of carbonyl (C=O) groups is 4. The van der Waals surface area contributed by atoms with Gasteiger partial charge in [0.25, 0.3) is 0 Å². The molecule has 10 nitrogen and oxygen atoms in total. The fourth-order valence-electron chi connectivity index (χ4n) is 6.77. The molecule has 2 saturated heterocycles. The summed E-state index contributed by atoms with van der Waals surface area (Å²) >= 11 is 1.11. The van der Waals surface area contributed by atoms with E-state index in [0.717, 1.165) is 11.3 Å². The number of hydrogen-bond acceptors (Lipinski definition) is 7. The fraction of sp³-hybridized carbons (Fsp3) is 0.633. The molecule has 1 aromatic carbocycles. The number of aliphatic hydroxyl groups excluding tert-OH is 1. The van der Waals surface area contributed by atoms with E-state index in [0.29, 0.717) is 23.2 Å². The van der Waals surface area contributed by atoms with Crippen molar-refractivity contribution in [2.75, 3.05) is 13.1 Å². The average molecular weight is 656 g/mol. The van der Waals surface area contributed by atoms with E-state index >= 15 is 0 Å². The van der Waals surface area contributed by atoms with E-state index in [2.05, 4.69) is 15.6 Å². The predicted molar refractivity (Wildman–Crippen MR) is 156 cm³/mol. The molecular weight excluding hydrogens is 618 g/mol. The summed E-state index contributed by atoms with van der Waals surface area (Å²) in [6.45, 7) is 8.96. The van der Waals surface area contributed by atoms with Gasteiger partial charge in [0.15, 0.2) is 0 Å². The highest BCUT2D eigenvalue weighted by Crippen LogP contribution is 2.65. The molecule has 3 fully saturated rings. The Balaban J connectivity index is 1.43. The second-order valence-corrected chi connectivity index (χ2v) is 15.0. The molecule has 3 heterocycles. The number of likely N-dealkylation sites (tertiary alicyclic amines) is 1. The van der Waals surface area contributed by atoms with Crippen molar-refractivity contribution in [1.82, 2.24) is 25.8 Å². The van der Waals surface area contributed by atoms with Crippen LogP contribution in [0.3, 0.4) is 0 Å². The Bertz CT molecular complexity index is 1520. The molecular formula is C30H37F4N5O5S. The SMILES string of the molecule is CC(C)(C)[C@H](NC(=O)C(F)(F)F)C(=O)N1C[C@H]2[C@@H]([C@H]1C(=O)N[C@@H](C[C@@H]1CCNC1=O)[C@H](O)c1nc3cc(F)ccc3s1)C2(C)C. The van der Waals surface area contributed by atoms with Crippen LogP contribution in [0.15, 0.2) is 18.2 Å². The monoisotopic (exact) mass is 655 g/mol. The zero-order chi connectivity index (χ0) is 33.2. The van der Waals surface area contributed by atoms with Crippen LogP contribution in [0.5, 0.6) is 0 Å². The van der Waals surface area contributed by atoms with E-state index in [-0.39, 0.29) is 41.1 Å². The van der Waals surface area contributed by atoms with Gasteiger partial charge in [-0.1, -0.05) is 34.6 Å². The lowest BCUT2D eigenvalue weighted by Gasteiger charge is -2.38. The number of nitrogens with zero attached hydrogens (tertiary/aromatic N) is 2. The summed E-state index contributed by atoms with van der Waals surface area (Å²) in [4.78, 5) is 57.9. The normalized spacial score (nSPS) is 26.2. The van der Waals surface area contributed by atoms with Gasteiger partial charge in [-0.2, -0.15) is 13.2 Å². The minimum atomic E-state index is -5.21. The van der Waals surface area contributed by atoms with E-state index in [9.17, 15) is 41.8 Å². The third-order valence-corrected chi connectivity index (χ3v) is 10.5. The topological polar surface area (TPSA) is 141 Å². The Kier molecular flexibility index (Phi) is 8.43. The maximum atomic E-state index is 14.1. The second-order valence-electron chi connectivity index (χ2n) is 13.9. The number of thiazole rings is 1. The van der Waals surface area contributed by atoms with Gasteiger partial charge >= 0.3 is 12.1 Å². The number of halogens is 4. The lowest BCUT2D eigenvalue weighted by molar-refractivity contribution is -0.176. The summed E-state index contributed by atoms with van der Waals surface area (Å²) in [7, 11) is 0. The largest absolute Gasteiger partial charge is 0.471 e. The Labute approximate surface area is 261 Å². The molecule has 0 radical (unpaired) electrons. The van der Waals surface area contributed by atoms with Crippen LogP contribution in [0.4, 0.5) is 17.6 Å². The van der Waals surface area contributed by atoms with Crippen LogP contribution in [0.25, 0.3) is 10.2 Å². The van der Waals surface area contributed by atoms with Crippen molar-refractivity contribution >= 4 is 45.2 Å². The van der Waals surface area contributed by atoms with Gasteiger partial charge < -0.3 is 26.0 Å². The lowest BCUT2D eigenvalue weighted by Crippen LogP contribution is -2.61. The molecule has 15 heteroatoms.